The molecule has 0 unspecified atom stereocenters. The predicted octanol–water partition coefficient (Wildman–Crippen LogP) is 4.90. The van der Waals surface area contributed by atoms with E-state index in [1.54, 1.807) is 36.4 Å². The number of aromatic nitrogens is 4. The summed E-state index contributed by atoms with van der Waals surface area (Å²) in [5.41, 5.74) is 3.09. The van der Waals surface area contributed by atoms with Gasteiger partial charge in [0.25, 0.3) is 0 Å². The maximum atomic E-state index is 12.0. The van der Waals surface area contributed by atoms with Crippen molar-refractivity contribution in [3.63, 3.8) is 0 Å². The van der Waals surface area contributed by atoms with Crippen molar-refractivity contribution in [2.24, 2.45) is 0 Å². The Morgan fingerprint density at radius 3 is 2.61 bits per heavy atom. The zero-order valence-electron chi connectivity index (χ0n) is 17.2. The lowest BCUT2D eigenvalue weighted by atomic mass is 10.2. The lowest BCUT2D eigenvalue weighted by Crippen LogP contribution is -2.19. The van der Waals surface area contributed by atoms with Crippen molar-refractivity contribution in [3.05, 3.63) is 65.7 Å². The maximum Gasteiger partial charge on any atom is 0.326 e. The van der Waals surface area contributed by atoms with Crippen molar-refractivity contribution in [2.45, 2.75) is 20.8 Å². The van der Waals surface area contributed by atoms with Crippen LogP contribution in [0.25, 0.3) is 0 Å². The van der Waals surface area contributed by atoms with Gasteiger partial charge < -0.3 is 19.8 Å². The number of furan rings is 1. The maximum absolute atomic E-state index is 12.0. The largest absolute Gasteiger partial charge is 0.449 e. The summed E-state index contributed by atoms with van der Waals surface area (Å²) in [7, 11) is 0. The highest BCUT2D eigenvalue weighted by atomic mass is 16.5. The number of urea groups is 1. The number of anilines is 4. The highest BCUT2D eigenvalue weighted by molar-refractivity contribution is 5.99. The molecular weight excluding hydrogens is 398 g/mol. The Morgan fingerprint density at radius 2 is 1.90 bits per heavy atom. The van der Waals surface area contributed by atoms with Crippen LogP contribution in [-0.4, -0.2) is 26.2 Å². The van der Waals surface area contributed by atoms with E-state index < -0.39 is 6.03 Å². The van der Waals surface area contributed by atoms with Gasteiger partial charge in [-0.25, -0.2) is 9.78 Å². The molecule has 3 heterocycles. The number of aryl methyl sites for hydroxylation is 3. The summed E-state index contributed by atoms with van der Waals surface area (Å²) in [4.78, 5) is 20.8. The number of hydrogen-bond donors (Lipinski definition) is 4. The van der Waals surface area contributed by atoms with E-state index in [1.165, 1.54) is 6.26 Å². The lowest BCUT2D eigenvalue weighted by Gasteiger charge is -2.11. The predicted molar refractivity (Wildman–Crippen MR) is 116 cm³/mol. The van der Waals surface area contributed by atoms with E-state index in [1.807, 2.05) is 26.8 Å². The minimum atomic E-state index is -0.408. The number of benzene rings is 1. The number of rotatable bonds is 6. The average Bonchev–Trinajstić information content (AvgIpc) is 3.35. The molecule has 0 aliphatic rings. The number of ether oxygens (including phenoxy) is 1. The molecule has 2 amide bonds. The third kappa shape index (κ3) is 5.18. The van der Waals surface area contributed by atoms with Crippen LogP contribution in [0.1, 0.15) is 17.0 Å². The van der Waals surface area contributed by atoms with Gasteiger partial charge >= 0.3 is 12.0 Å². The van der Waals surface area contributed by atoms with Crippen LogP contribution in [0, 0.1) is 20.8 Å². The molecule has 4 aromatic rings. The van der Waals surface area contributed by atoms with Gasteiger partial charge in [0.05, 0.1) is 6.26 Å². The van der Waals surface area contributed by atoms with Gasteiger partial charge in [0.2, 0.25) is 5.88 Å². The third-order valence-electron chi connectivity index (χ3n) is 4.19. The van der Waals surface area contributed by atoms with Gasteiger partial charge in [-0.15, -0.1) is 0 Å². The molecule has 0 radical (unpaired) electrons. The van der Waals surface area contributed by atoms with Crippen LogP contribution in [0.2, 0.25) is 0 Å². The number of amides is 2. The summed E-state index contributed by atoms with van der Waals surface area (Å²) in [6.45, 7) is 5.64. The van der Waals surface area contributed by atoms with Crippen molar-refractivity contribution < 1.29 is 13.9 Å². The van der Waals surface area contributed by atoms with Crippen molar-refractivity contribution in [1.29, 1.82) is 0 Å². The Morgan fingerprint density at radius 1 is 1.03 bits per heavy atom. The molecule has 10 heteroatoms. The van der Waals surface area contributed by atoms with E-state index in [9.17, 15) is 4.79 Å². The molecule has 0 fully saturated rings. The Kier molecular flexibility index (Phi) is 5.52. The Balaban J connectivity index is 1.44. The van der Waals surface area contributed by atoms with E-state index in [-0.39, 0.29) is 6.01 Å². The first kappa shape index (κ1) is 20.0. The van der Waals surface area contributed by atoms with Gasteiger partial charge in [0.15, 0.2) is 5.82 Å². The van der Waals surface area contributed by atoms with Crippen molar-refractivity contribution in [3.8, 4) is 11.8 Å². The molecule has 4 rings (SSSR count). The SMILES string of the molecule is Cc1cc(Nc2cc(C)[nH]n2)nc(Oc2ccc(NC(=O)Nc3ccco3)cc2C)n1. The molecule has 0 spiro atoms. The standard InChI is InChI=1S/C21H21N7O3/c1-12-9-15(23-20(29)26-19-5-4-8-30-19)6-7-16(12)31-21-22-13(2)10-17(25-21)24-18-11-14(3)27-28-18/h4-11H,1-3H3,(H2,23,26,29)(H2,22,24,25,27,28). The normalized spacial score (nSPS) is 10.5. The van der Waals surface area contributed by atoms with Crippen molar-refractivity contribution >= 4 is 29.2 Å². The van der Waals surface area contributed by atoms with Crippen molar-refractivity contribution in [1.82, 2.24) is 20.2 Å². The fraction of sp³-hybridized carbons (Fsp3) is 0.143. The molecule has 4 N–H and O–H groups in total. The van der Waals surface area contributed by atoms with Gasteiger partial charge in [-0.3, -0.25) is 10.4 Å². The fourth-order valence-corrected chi connectivity index (χ4v) is 2.83. The molecule has 0 bridgehead atoms. The molecule has 0 aliphatic carbocycles. The first-order chi connectivity index (χ1) is 14.9. The van der Waals surface area contributed by atoms with Crippen LogP contribution < -0.4 is 20.7 Å². The van der Waals surface area contributed by atoms with Gasteiger partial charge in [-0.1, -0.05) is 0 Å². The third-order valence-corrected chi connectivity index (χ3v) is 4.19. The lowest BCUT2D eigenvalue weighted by molar-refractivity contribution is 0.261. The number of hydrogen-bond acceptors (Lipinski definition) is 7. The summed E-state index contributed by atoms with van der Waals surface area (Å²) in [6.07, 6.45) is 1.48. The molecule has 10 nitrogen and oxygen atoms in total. The van der Waals surface area contributed by atoms with E-state index in [2.05, 4.69) is 36.1 Å². The summed E-state index contributed by atoms with van der Waals surface area (Å²) < 4.78 is 11.0. The van der Waals surface area contributed by atoms with Crippen LogP contribution in [0.15, 0.2) is 53.1 Å². The summed E-state index contributed by atoms with van der Waals surface area (Å²) >= 11 is 0. The van der Waals surface area contributed by atoms with Crippen molar-refractivity contribution in [2.75, 3.05) is 16.0 Å². The number of H-pyrrole nitrogens is 1. The number of carbonyl (C=O) groups is 1. The van der Waals surface area contributed by atoms with E-state index in [0.29, 0.717) is 29.0 Å². The number of carbonyl (C=O) groups excluding carboxylic acids is 1. The van der Waals surface area contributed by atoms with Crippen LogP contribution in [0.3, 0.4) is 0 Å². The van der Waals surface area contributed by atoms with Gasteiger partial charge in [-0.2, -0.15) is 10.1 Å². The van der Waals surface area contributed by atoms with E-state index >= 15 is 0 Å². The zero-order valence-corrected chi connectivity index (χ0v) is 17.2. The monoisotopic (exact) mass is 419 g/mol. The fourth-order valence-electron chi connectivity index (χ4n) is 2.83. The molecule has 158 valence electrons. The quantitative estimate of drug-likeness (QED) is 0.350. The first-order valence-corrected chi connectivity index (χ1v) is 9.49. The van der Waals surface area contributed by atoms with Gasteiger partial charge in [0, 0.05) is 35.3 Å². The molecule has 31 heavy (non-hydrogen) atoms. The Hall–Kier alpha value is -4.34. The second-order valence-corrected chi connectivity index (χ2v) is 6.88. The summed E-state index contributed by atoms with van der Waals surface area (Å²) in [6, 6.07) is 12.1. The first-order valence-electron chi connectivity index (χ1n) is 9.49. The second-order valence-electron chi connectivity index (χ2n) is 6.88. The molecule has 1 aromatic carbocycles. The average molecular weight is 419 g/mol. The minimum absolute atomic E-state index is 0.203. The Labute approximate surface area is 178 Å². The second kappa shape index (κ2) is 8.57. The highest BCUT2D eigenvalue weighted by Crippen LogP contribution is 2.27. The molecule has 0 saturated heterocycles. The molecule has 0 aliphatic heterocycles. The van der Waals surface area contributed by atoms with E-state index in [0.717, 1.165) is 17.0 Å². The number of nitrogens with zero attached hydrogens (tertiary/aromatic N) is 3. The number of aromatic amines is 1. The van der Waals surface area contributed by atoms with Crippen LogP contribution in [-0.2, 0) is 0 Å². The smallest absolute Gasteiger partial charge is 0.326 e. The highest BCUT2D eigenvalue weighted by Gasteiger charge is 2.10. The van der Waals surface area contributed by atoms with Gasteiger partial charge in [-0.05, 0) is 50.6 Å². The van der Waals surface area contributed by atoms with Crippen LogP contribution in [0.4, 0.5) is 28.0 Å². The molecule has 0 atom stereocenters. The number of nitrogens with one attached hydrogen (secondary N) is 4. The van der Waals surface area contributed by atoms with Gasteiger partial charge in [0.1, 0.15) is 11.6 Å². The molecular formula is C21H21N7O3. The van der Waals surface area contributed by atoms with Crippen LogP contribution in [0.5, 0.6) is 11.8 Å². The summed E-state index contributed by atoms with van der Waals surface area (Å²) in [5.74, 6) is 2.16. The molecule has 3 aromatic heterocycles. The topological polar surface area (TPSA) is 130 Å². The van der Waals surface area contributed by atoms with E-state index in [4.69, 9.17) is 9.15 Å². The Bertz CT molecular complexity index is 1200. The molecule has 0 saturated carbocycles. The summed E-state index contributed by atoms with van der Waals surface area (Å²) in [5, 5.41) is 15.5. The van der Waals surface area contributed by atoms with Crippen LogP contribution >= 0.6 is 0 Å². The minimum Gasteiger partial charge on any atom is -0.449 e. The zero-order chi connectivity index (χ0) is 21.8.